The zero-order valence-electron chi connectivity index (χ0n) is 12.9. The van der Waals surface area contributed by atoms with Crippen LogP contribution in [0.4, 0.5) is 11.4 Å². The second-order valence-corrected chi connectivity index (χ2v) is 5.45. The van der Waals surface area contributed by atoms with Crippen molar-refractivity contribution in [1.82, 2.24) is 4.98 Å². The van der Waals surface area contributed by atoms with Gasteiger partial charge in [-0.05, 0) is 25.0 Å². The number of para-hydroxylation sites is 1. The van der Waals surface area contributed by atoms with Crippen molar-refractivity contribution >= 4 is 33.2 Å². The summed E-state index contributed by atoms with van der Waals surface area (Å²) in [6.45, 7) is 3.71. The summed E-state index contributed by atoms with van der Waals surface area (Å²) in [5.41, 5.74) is 2.69. The predicted octanol–water partition coefficient (Wildman–Crippen LogP) is 3.74. The molecule has 0 saturated carbocycles. The summed E-state index contributed by atoms with van der Waals surface area (Å²) in [6, 6.07) is 10.6. The molecule has 1 aromatic heterocycles. The van der Waals surface area contributed by atoms with Crippen molar-refractivity contribution in [1.29, 1.82) is 0 Å². The molecular weight excluding hydrogens is 294 g/mol. The van der Waals surface area contributed by atoms with Gasteiger partial charge in [0, 0.05) is 11.5 Å². The van der Waals surface area contributed by atoms with Crippen LogP contribution in [0.5, 0.6) is 0 Å². The number of aliphatic hydroxyl groups excluding tert-OH is 1. The van der Waals surface area contributed by atoms with E-state index in [1.807, 2.05) is 38.1 Å². The Morgan fingerprint density at radius 1 is 1.30 bits per heavy atom. The number of hydrogen-bond donors (Lipinski definition) is 2. The number of nitrogens with one attached hydrogen (secondary N) is 1. The molecular formula is C17H17N3O3. The van der Waals surface area contributed by atoms with Gasteiger partial charge in [0.25, 0.3) is 5.69 Å². The first-order valence-corrected chi connectivity index (χ1v) is 7.44. The molecule has 3 aromatic rings. The number of anilines is 1. The van der Waals surface area contributed by atoms with E-state index in [1.165, 1.54) is 6.07 Å². The minimum absolute atomic E-state index is 0.0188. The van der Waals surface area contributed by atoms with Crippen molar-refractivity contribution in [2.45, 2.75) is 26.5 Å². The number of rotatable bonds is 4. The topological polar surface area (TPSA) is 88.3 Å². The number of aromatic nitrogens is 1. The van der Waals surface area contributed by atoms with E-state index >= 15 is 0 Å². The Morgan fingerprint density at radius 3 is 2.74 bits per heavy atom. The van der Waals surface area contributed by atoms with Crippen LogP contribution in [-0.4, -0.2) is 21.2 Å². The molecule has 2 N–H and O–H groups in total. The van der Waals surface area contributed by atoms with E-state index in [2.05, 4.69) is 10.3 Å². The van der Waals surface area contributed by atoms with Crippen molar-refractivity contribution in [3.8, 4) is 0 Å². The molecule has 118 valence electrons. The molecule has 2 aromatic carbocycles. The molecule has 0 radical (unpaired) electrons. The lowest BCUT2D eigenvalue weighted by Gasteiger charge is -2.17. The molecule has 0 spiro atoms. The van der Waals surface area contributed by atoms with Crippen molar-refractivity contribution in [2.75, 3.05) is 5.32 Å². The number of benzene rings is 2. The first kappa shape index (κ1) is 15.2. The number of fused-ring (bicyclic) bond motifs is 2. The van der Waals surface area contributed by atoms with Gasteiger partial charge in [-0.2, -0.15) is 0 Å². The van der Waals surface area contributed by atoms with Crippen LogP contribution in [0.15, 0.2) is 36.4 Å². The minimum Gasteiger partial charge on any atom is -0.374 e. The maximum atomic E-state index is 11.5. The highest BCUT2D eigenvalue weighted by atomic mass is 16.6. The summed E-state index contributed by atoms with van der Waals surface area (Å²) in [5.74, 6) is 0. The van der Waals surface area contributed by atoms with Gasteiger partial charge in [-0.3, -0.25) is 10.1 Å². The normalized spacial score (nSPS) is 12.5. The molecule has 0 fully saturated rings. The van der Waals surface area contributed by atoms with Crippen LogP contribution in [-0.2, 0) is 0 Å². The van der Waals surface area contributed by atoms with Gasteiger partial charge in [-0.1, -0.05) is 31.2 Å². The van der Waals surface area contributed by atoms with E-state index in [9.17, 15) is 15.2 Å². The lowest BCUT2D eigenvalue weighted by Crippen LogP contribution is -2.18. The van der Waals surface area contributed by atoms with Gasteiger partial charge in [-0.25, -0.2) is 4.98 Å². The summed E-state index contributed by atoms with van der Waals surface area (Å²) < 4.78 is 0. The van der Waals surface area contributed by atoms with E-state index in [1.54, 1.807) is 6.07 Å². The zero-order valence-corrected chi connectivity index (χ0v) is 12.9. The molecule has 1 unspecified atom stereocenters. The fourth-order valence-electron chi connectivity index (χ4n) is 2.68. The predicted molar refractivity (Wildman–Crippen MR) is 90.6 cm³/mol. The first-order chi connectivity index (χ1) is 11.0. The van der Waals surface area contributed by atoms with Crippen molar-refractivity contribution < 1.29 is 10.0 Å². The monoisotopic (exact) mass is 311 g/mol. The second kappa shape index (κ2) is 5.81. The number of aryl methyl sites for hydroxylation is 1. The highest BCUT2D eigenvalue weighted by Crippen LogP contribution is 2.38. The number of non-ortho nitro benzene ring substituents is 1. The quantitative estimate of drug-likeness (QED) is 0.331. The molecule has 0 aliphatic carbocycles. The maximum absolute atomic E-state index is 11.5. The Balaban J connectivity index is 2.48. The third-order valence-corrected chi connectivity index (χ3v) is 3.91. The van der Waals surface area contributed by atoms with Crippen LogP contribution >= 0.6 is 0 Å². The number of nitro benzene ring substituents is 1. The van der Waals surface area contributed by atoms with Gasteiger partial charge >= 0.3 is 0 Å². The Kier molecular flexibility index (Phi) is 3.83. The molecule has 0 aliphatic rings. The minimum atomic E-state index is -0.788. The van der Waals surface area contributed by atoms with E-state index < -0.39 is 11.2 Å². The van der Waals surface area contributed by atoms with E-state index in [0.717, 1.165) is 16.5 Å². The van der Waals surface area contributed by atoms with Crippen LogP contribution < -0.4 is 5.32 Å². The SMILES string of the molecule is CCC(O)Nc1c2ccccc2nc2c(C)ccc([N+](=O)[O-])c12. The Morgan fingerprint density at radius 2 is 2.04 bits per heavy atom. The average Bonchev–Trinajstić information content (AvgIpc) is 2.55. The fourth-order valence-corrected chi connectivity index (χ4v) is 2.68. The third-order valence-electron chi connectivity index (χ3n) is 3.91. The van der Waals surface area contributed by atoms with Crippen LogP contribution in [0.25, 0.3) is 21.8 Å². The molecule has 1 heterocycles. The maximum Gasteiger partial charge on any atom is 0.280 e. The van der Waals surface area contributed by atoms with E-state index in [0.29, 0.717) is 23.0 Å². The summed E-state index contributed by atoms with van der Waals surface area (Å²) in [4.78, 5) is 15.6. The van der Waals surface area contributed by atoms with Gasteiger partial charge in [0.15, 0.2) is 0 Å². The highest BCUT2D eigenvalue weighted by molar-refractivity contribution is 6.11. The molecule has 0 aliphatic heterocycles. The molecule has 6 nitrogen and oxygen atoms in total. The Bertz CT molecular complexity index is 908. The fraction of sp³-hybridized carbons (Fsp3) is 0.235. The lowest BCUT2D eigenvalue weighted by atomic mass is 10.0. The van der Waals surface area contributed by atoms with Crippen molar-refractivity contribution in [2.24, 2.45) is 0 Å². The van der Waals surface area contributed by atoms with E-state index in [4.69, 9.17) is 0 Å². The standard InChI is InChI=1S/C17H17N3O3/c1-3-14(21)19-17-11-6-4-5-7-12(11)18-16-10(2)8-9-13(15(16)17)20(22)23/h4-9,14,21H,3H2,1-2H3,(H,18,19). The van der Waals surface area contributed by atoms with Crippen LogP contribution in [0.3, 0.4) is 0 Å². The van der Waals surface area contributed by atoms with Crippen molar-refractivity contribution in [3.05, 3.63) is 52.1 Å². The Hall–Kier alpha value is -2.73. The Labute approximate surface area is 132 Å². The van der Waals surface area contributed by atoms with Crippen LogP contribution in [0, 0.1) is 17.0 Å². The lowest BCUT2D eigenvalue weighted by molar-refractivity contribution is -0.383. The molecule has 3 rings (SSSR count). The molecule has 6 heteroatoms. The largest absolute Gasteiger partial charge is 0.374 e. The molecule has 0 amide bonds. The summed E-state index contributed by atoms with van der Waals surface area (Å²) >= 11 is 0. The van der Waals surface area contributed by atoms with Gasteiger partial charge in [0.1, 0.15) is 11.6 Å². The number of hydrogen-bond acceptors (Lipinski definition) is 5. The molecule has 0 saturated heterocycles. The summed E-state index contributed by atoms with van der Waals surface area (Å²) in [7, 11) is 0. The smallest absolute Gasteiger partial charge is 0.280 e. The highest BCUT2D eigenvalue weighted by Gasteiger charge is 2.21. The zero-order chi connectivity index (χ0) is 16.6. The third kappa shape index (κ3) is 2.57. The number of nitro groups is 1. The summed E-state index contributed by atoms with van der Waals surface area (Å²) in [6.07, 6.45) is -0.304. The van der Waals surface area contributed by atoms with Crippen LogP contribution in [0.2, 0.25) is 0 Å². The number of pyridine rings is 1. The summed E-state index contributed by atoms with van der Waals surface area (Å²) in [5, 5.41) is 25.7. The molecule has 0 bridgehead atoms. The molecule has 1 atom stereocenters. The van der Waals surface area contributed by atoms with Crippen LogP contribution in [0.1, 0.15) is 18.9 Å². The van der Waals surface area contributed by atoms with Crippen molar-refractivity contribution in [3.63, 3.8) is 0 Å². The van der Waals surface area contributed by atoms with Gasteiger partial charge in [-0.15, -0.1) is 0 Å². The van der Waals surface area contributed by atoms with Gasteiger partial charge < -0.3 is 10.4 Å². The van der Waals surface area contributed by atoms with Gasteiger partial charge in [0.05, 0.1) is 21.6 Å². The molecule has 23 heavy (non-hydrogen) atoms. The average molecular weight is 311 g/mol. The first-order valence-electron chi connectivity index (χ1n) is 7.44. The second-order valence-electron chi connectivity index (χ2n) is 5.45. The van der Waals surface area contributed by atoms with Gasteiger partial charge in [0.2, 0.25) is 0 Å². The van der Waals surface area contributed by atoms with E-state index in [-0.39, 0.29) is 5.69 Å². The number of nitrogens with zero attached hydrogens (tertiary/aromatic N) is 2. The number of aliphatic hydroxyl groups is 1.